The molecule has 0 saturated heterocycles. The minimum absolute atomic E-state index is 1.02. The first kappa shape index (κ1) is 10.5. The van der Waals surface area contributed by atoms with Gasteiger partial charge in [-0.15, -0.1) is 0 Å². The molecule has 0 N–H and O–H groups in total. The van der Waals surface area contributed by atoms with E-state index in [0.717, 1.165) is 6.42 Å². The standard InChI is InChI=1S/C16H17N/c1-2-14-11-13-9-6-10-15(13)16(17-14)12-7-4-3-5-8-12/h3-5,7-8,11H,2,6,9-10H2,1H3. The normalized spacial score (nSPS) is 13.7. The first-order valence-corrected chi connectivity index (χ1v) is 6.45. The van der Waals surface area contributed by atoms with Crippen LogP contribution in [0.5, 0.6) is 0 Å². The first-order valence-electron chi connectivity index (χ1n) is 6.45. The molecule has 0 fully saturated rings. The van der Waals surface area contributed by atoms with E-state index in [4.69, 9.17) is 4.98 Å². The maximum Gasteiger partial charge on any atom is 0.0739 e. The molecular formula is C16H17N. The summed E-state index contributed by atoms with van der Waals surface area (Å²) in [5.74, 6) is 0. The van der Waals surface area contributed by atoms with Crippen molar-refractivity contribution >= 4 is 0 Å². The van der Waals surface area contributed by atoms with Gasteiger partial charge in [-0.05, 0) is 42.9 Å². The van der Waals surface area contributed by atoms with Crippen molar-refractivity contribution in [2.45, 2.75) is 32.6 Å². The van der Waals surface area contributed by atoms with E-state index in [1.54, 1.807) is 0 Å². The molecule has 1 aromatic carbocycles. The molecule has 86 valence electrons. The summed E-state index contributed by atoms with van der Waals surface area (Å²) >= 11 is 0. The molecule has 0 radical (unpaired) electrons. The van der Waals surface area contributed by atoms with E-state index >= 15 is 0 Å². The molecule has 0 aliphatic heterocycles. The van der Waals surface area contributed by atoms with Gasteiger partial charge in [-0.3, -0.25) is 4.98 Å². The van der Waals surface area contributed by atoms with Crippen molar-refractivity contribution in [1.29, 1.82) is 0 Å². The quantitative estimate of drug-likeness (QED) is 0.754. The van der Waals surface area contributed by atoms with Crippen LogP contribution >= 0.6 is 0 Å². The van der Waals surface area contributed by atoms with E-state index in [1.165, 1.54) is 47.3 Å². The van der Waals surface area contributed by atoms with Gasteiger partial charge in [0.2, 0.25) is 0 Å². The Morgan fingerprint density at radius 2 is 1.94 bits per heavy atom. The summed E-state index contributed by atoms with van der Waals surface area (Å²) in [4.78, 5) is 4.83. The molecule has 1 heterocycles. The summed E-state index contributed by atoms with van der Waals surface area (Å²) in [5, 5.41) is 0. The third-order valence-corrected chi connectivity index (χ3v) is 3.55. The summed E-state index contributed by atoms with van der Waals surface area (Å²) in [6.45, 7) is 2.18. The number of nitrogens with zero attached hydrogens (tertiary/aromatic N) is 1. The average Bonchev–Trinajstić information content (AvgIpc) is 2.86. The third kappa shape index (κ3) is 1.86. The second kappa shape index (κ2) is 4.33. The van der Waals surface area contributed by atoms with E-state index in [2.05, 4.69) is 43.3 Å². The summed E-state index contributed by atoms with van der Waals surface area (Å²) in [5.41, 5.74) is 6.71. The number of benzene rings is 1. The highest BCUT2D eigenvalue weighted by atomic mass is 14.7. The van der Waals surface area contributed by atoms with Gasteiger partial charge in [-0.25, -0.2) is 0 Å². The second-order valence-electron chi connectivity index (χ2n) is 4.67. The van der Waals surface area contributed by atoms with E-state index in [9.17, 15) is 0 Å². The zero-order chi connectivity index (χ0) is 11.7. The van der Waals surface area contributed by atoms with Crippen LogP contribution in [0, 0.1) is 0 Å². The number of fused-ring (bicyclic) bond motifs is 1. The van der Waals surface area contributed by atoms with Crippen molar-refractivity contribution < 1.29 is 0 Å². The number of aromatic nitrogens is 1. The molecule has 0 atom stereocenters. The lowest BCUT2D eigenvalue weighted by atomic mass is 10.0. The number of hydrogen-bond acceptors (Lipinski definition) is 1. The van der Waals surface area contributed by atoms with Crippen LogP contribution in [0.2, 0.25) is 0 Å². The Labute approximate surface area is 103 Å². The van der Waals surface area contributed by atoms with E-state index in [-0.39, 0.29) is 0 Å². The Morgan fingerprint density at radius 1 is 1.12 bits per heavy atom. The molecule has 0 saturated carbocycles. The highest BCUT2D eigenvalue weighted by Crippen LogP contribution is 2.31. The topological polar surface area (TPSA) is 12.9 Å². The zero-order valence-corrected chi connectivity index (χ0v) is 10.2. The fourth-order valence-electron chi connectivity index (χ4n) is 2.66. The van der Waals surface area contributed by atoms with E-state index in [0.29, 0.717) is 0 Å². The molecule has 1 heteroatoms. The fraction of sp³-hybridized carbons (Fsp3) is 0.312. The van der Waals surface area contributed by atoms with Gasteiger partial charge < -0.3 is 0 Å². The van der Waals surface area contributed by atoms with E-state index in [1.807, 2.05) is 0 Å². The van der Waals surface area contributed by atoms with Crippen LogP contribution in [0.3, 0.4) is 0 Å². The molecule has 1 aromatic heterocycles. The third-order valence-electron chi connectivity index (χ3n) is 3.55. The zero-order valence-electron chi connectivity index (χ0n) is 10.2. The van der Waals surface area contributed by atoms with Gasteiger partial charge in [-0.2, -0.15) is 0 Å². The number of hydrogen-bond donors (Lipinski definition) is 0. The number of pyridine rings is 1. The number of aryl methyl sites for hydroxylation is 2. The lowest BCUT2D eigenvalue weighted by Crippen LogP contribution is -1.97. The Morgan fingerprint density at radius 3 is 2.71 bits per heavy atom. The van der Waals surface area contributed by atoms with Crippen molar-refractivity contribution in [2.75, 3.05) is 0 Å². The Kier molecular flexibility index (Phi) is 2.68. The lowest BCUT2D eigenvalue weighted by molar-refractivity contribution is 0.911. The van der Waals surface area contributed by atoms with Crippen LogP contribution in [-0.4, -0.2) is 4.98 Å². The van der Waals surface area contributed by atoms with Crippen LogP contribution in [-0.2, 0) is 19.3 Å². The van der Waals surface area contributed by atoms with Crippen molar-refractivity contribution in [3.05, 3.63) is 53.2 Å². The van der Waals surface area contributed by atoms with Crippen LogP contribution in [0.4, 0.5) is 0 Å². The van der Waals surface area contributed by atoms with Gasteiger partial charge in [0.25, 0.3) is 0 Å². The molecule has 17 heavy (non-hydrogen) atoms. The predicted molar refractivity (Wildman–Crippen MR) is 71.1 cm³/mol. The van der Waals surface area contributed by atoms with Crippen LogP contribution in [0.1, 0.15) is 30.2 Å². The summed E-state index contributed by atoms with van der Waals surface area (Å²) in [6, 6.07) is 12.9. The molecule has 3 rings (SSSR count). The largest absolute Gasteiger partial charge is 0.253 e. The SMILES string of the molecule is CCc1cc2c(c(-c3ccccc3)n1)CCC2. The Balaban J connectivity index is 2.19. The first-order chi connectivity index (χ1) is 8.38. The molecule has 0 unspecified atom stereocenters. The molecule has 0 bridgehead atoms. The molecule has 1 aliphatic carbocycles. The van der Waals surface area contributed by atoms with Crippen LogP contribution in [0.25, 0.3) is 11.3 Å². The van der Waals surface area contributed by atoms with Gasteiger partial charge >= 0.3 is 0 Å². The van der Waals surface area contributed by atoms with Gasteiger partial charge in [0.15, 0.2) is 0 Å². The molecule has 1 nitrogen and oxygen atoms in total. The predicted octanol–water partition coefficient (Wildman–Crippen LogP) is 3.80. The summed E-state index contributed by atoms with van der Waals surface area (Å²) in [6.07, 6.45) is 4.72. The highest BCUT2D eigenvalue weighted by molar-refractivity contribution is 5.65. The van der Waals surface area contributed by atoms with Crippen LogP contribution < -0.4 is 0 Å². The smallest absolute Gasteiger partial charge is 0.0739 e. The van der Waals surface area contributed by atoms with Gasteiger partial charge in [0.05, 0.1) is 5.69 Å². The maximum atomic E-state index is 4.83. The summed E-state index contributed by atoms with van der Waals surface area (Å²) in [7, 11) is 0. The Hall–Kier alpha value is -1.63. The van der Waals surface area contributed by atoms with Gasteiger partial charge in [0, 0.05) is 11.3 Å². The van der Waals surface area contributed by atoms with E-state index < -0.39 is 0 Å². The number of rotatable bonds is 2. The van der Waals surface area contributed by atoms with Crippen LogP contribution in [0.15, 0.2) is 36.4 Å². The van der Waals surface area contributed by atoms with Crippen molar-refractivity contribution in [3.63, 3.8) is 0 Å². The second-order valence-corrected chi connectivity index (χ2v) is 4.67. The lowest BCUT2D eigenvalue weighted by Gasteiger charge is -2.10. The van der Waals surface area contributed by atoms with Gasteiger partial charge in [-0.1, -0.05) is 37.3 Å². The summed E-state index contributed by atoms with van der Waals surface area (Å²) < 4.78 is 0. The molecular weight excluding hydrogens is 206 g/mol. The van der Waals surface area contributed by atoms with Crippen molar-refractivity contribution in [2.24, 2.45) is 0 Å². The Bertz CT molecular complexity index is 529. The fourth-order valence-corrected chi connectivity index (χ4v) is 2.66. The van der Waals surface area contributed by atoms with Crippen molar-refractivity contribution in [3.8, 4) is 11.3 Å². The van der Waals surface area contributed by atoms with Crippen molar-refractivity contribution in [1.82, 2.24) is 4.98 Å². The maximum absolute atomic E-state index is 4.83. The highest BCUT2D eigenvalue weighted by Gasteiger charge is 2.17. The van der Waals surface area contributed by atoms with Gasteiger partial charge in [0.1, 0.15) is 0 Å². The average molecular weight is 223 g/mol. The molecule has 1 aliphatic rings. The monoisotopic (exact) mass is 223 g/mol. The molecule has 0 spiro atoms. The minimum Gasteiger partial charge on any atom is -0.253 e. The molecule has 2 aromatic rings. The molecule has 0 amide bonds. The minimum atomic E-state index is 1.02.